The van der Waals surface area contributed by atoms with Crippen LogP contribution >= 0.6 is 15.9 Å². The van der Waals surface area contributed by atoms with E-state index in [4.69, 9.17) is 4.74 Å². The van der Waals surface area contributed by atoms with Gasteiger partial charge < -0.3 is 14.7 Å². The van der Waals surface area contributed by atoms with Crippen LogP contribution < -0.4 is 4.74 Å². The summed E-state index contributed by atoms with van der Waals surface area (Å²) in [7, 11) is 4.36. The number of phenols is 1. The van der Waals surface area contributed by atoms with E-state index in [-0.39, 0.29) is 5.75 Å². The summed E-state index contributed by atoms with van der Waals surface area (Å²) in [6, 6.07) is 4.54. The lowest BCUT2D eigenvalue weighted by Gasteiger charge is -2.35. The average Bonchev–Trinajstić information content (AvgIpc) is 2.45. The molecule has 1 fully saturated rings. The minimum absolute atomic E-state index is 0.183. The van der Waals surface area contributed by atoms with Crippen LogP contribution in [0.5, 0.6) is 11.5 Å². The molecule has 2 rings (SSSR count). The van der Waals surface area contributed by atoms with Crippen molar-refractivity contribution in [3.63, 3.8) is 0 Å². The molecule has 1 aromatic rings. The first-order valence-electron chi connectivity index (χ1n) is 7.54. The lowest BCUT2D eigenvalue weighted by atomic mass is 10.0. The molecule has 0 unspecified atom stereocenters. The van der Waals surface area contributed by atoms with E-state index in [0.29, 0.717) is 22.9 Å². The number of ether oxygens (including phenoxy) is 1. The summed E-state index contributed by atoms with van der Waals surface area (Å²) in [6.07, 6.45) is 2.43. The molecule has 1 N–H and O–H groups in total. The Morgan fingerprint density at radius 3 is 2.67 bits per heavy atom. The molecule has 0 spiro atoms. The molecule has 5 heteroatoms. The zero-order chi connectivity index (χ0) is 15.4. The Balaban J connectivity index is 2.04. The number of aromatic hydroxyl groups is 1. The normalized spacial score (nSPS) is 17.4. The molecule has 0 aromatic heterocycles. The molecular weight excluding hydrogens is 332 g/mol. The van der Waals surface area contributed by atoms with Crippen LogP contribution in [0.4, 0.5) is 0 Å². The van der Waals surface area contributed by atoms with Gasteiger partial charge in [-0.1, -0.05) is 0 Å². The van der Waals surface area contributed by atoms with Crippen LogP contribution in [0.3, 0.4) is 0 Å². The second kappa shape index (κ2) is 7.47. The highest BCUT2D eigenvalue weighted by Crippen LogP contribution is 2.36. The Morgan fingerprint density at radius 2 is 2.05 bits per heavy atom. The number of likely N-dealkylation sites (tertiary alicyclic amines) is 1. The van der Waals surface area contributed by atoms with Gasteiger partial charge in [-0.2, -0.15) is 0 Å². The summed E-state index contributed by atoms with van der Waals surface area (Å²) < 4.78 is 6.19. The Kier molecular flexibility index (Phi) is 5.90. The van der Waals surface area contributed by atoms with E-state index in [2.05, 4.69) is 39.8 Å². The molecule has 0 amide bonds. The molecule has 0 saturated carbocycles. The molecular formula is C16H25BrN2O2. The van der Waals surface area contributed by atoms with Gasteiger partial charge in [-0.15, -0.1) is 0 Å². The minimum atomic E-state index is 0.183. The number of halogens is 1. The monoisotopic (exact) mass is 356 g/mol. The van der Waals surface area contributed by atoms with E-state index in [1.54, 1.807) is 0 Å². The SMILES string of the molecule is CCOc1cc(CN(C)C2CCN(C)CC2)cc(Br)c1O. The third-order valence-electron chi connectivity index (χ3n) is 4.13. The lowest BCUT2D eigenvalue weighted by Crippen LogP contribution is -2.41. The van der Waals surface area contributed by atoms with Crippen LogP contribution in [0, 0.1) is 0 Å². The maximum absolute atomic E-state index is 9.97. The quantitative estimate of drug-likeness (QED) is 0.879. The highest BCUT2D eigenvalue weighted by Gasteiger charge is 2.21. The highest BCUT2D eigenvalue weighted by molar-refractivity contribution is 9.10. The second-order valence-corrected chi connectivity index (χ2v) is 6.66. The first-order valence-corrected chi connectivity index (χ1v) is 8.33. The van der Waals surface area contributed by atoms with E-state index < -0.39 is 0 Å². The number of piperidine rings is 1. The summed E-state index contributed by atoms with van der Waals surface area (Å²) >= 11 is 3.41. The van der Waals surface area contributed by atoms with Gasteiger partial charge in [-0.25, -0.2) is 0 Å². The number of nitrogens with zero attached hydrogens (tertiary/aromatic N) is 2. The average molecular weight is 357 g/mol. The maximum atomic E-state index is 9.97. The van der Waals surface area contributed by atoms with Gasteiger partial charge in [-0.05, 0) is 80.6 Å². The predicted molar refractivity (Wildman–Crippen MR) is 89.0 cm³/mol. The smallest absolute Gasteiger partial charge is 0.172 e. The molecule has 21 heavy (non-hydrogen) atoms. The molecule has 0 radical (unpaired) electrons. The Hall–Kier alpha value is -0.780. The van der Waals surface area contributed by atoms with Gasteiger partial charge in [0, 0.05) is 12.6 Å². The van der Waals surface area contributed by atoms with Crippen LogP contribution in [-0.4, -0.2) is 54.7 Å². The molecule has 118 valence electrons. The predicted octanol–water partition coefficient (Wildman–Crippen LogP) is 3.08. The van der Waals surface area contributed by atoms with E-state index in [0.717, 1.165) is 12.1 Å². The van der Waals surface area contributed by atoms with E-state index >= 15 is 0 Å². The van der Waals surface area contributed by atoms with Gasteiger partial charge in [0.2, 0.25) is 0 Å². The van der Waals surface area contributed by atoms with Crippen LogP contribution in [0.1, 0.15) is 25.3 Å². The highest BCUT2D eigenvalue weighted by atomic mass is 79.9. The van der Waals surface area contributed by atoms with Crippen molar-refractivity contribution in [2.75, 3.05) is 33.8 Å². The molecule has 1 heterocycles. The van der Waals surface area contributed by atoms with Crippen LogP contribution in [0.2, 0.25) is 0 Å². The van der Waals surface area contributed by atoms with Crippen molar-refractivity contribution in [1.29, 1.82) is 0 Å². The van der Waals surface area contributed by atoms with Crippen LogP contribution in [-0.2, 0) is 6.54 Å². The lowest BCUT2D eigenvalue weighted by molar-refractivity contribution is 0.139. The Labute approximate surface area is 135 Å². The van der Waals surface area contributed by atoms with E-state index in [9.17, 15) is 5.11 Å². The van der Waals surface area contributed by atoms with Crippen molar-refractivity contribution in [1.82, 2.24) is 9.80 Å². The van der Waals surface area contributed by atoms with Crippen molar-refractivity contribution >= 4 is 15.9 Å². The fourth-order valence-electron chi connectivity index (χ4n) is 2.84. The van der Waals surface area contributed by atoms with Crippen molar-refractivity contribution in [2.45, 2.75) is 32.4 Å². The maximum Gasteiger partial charge on any atom is 0.172 e. The van der Waals surface area contributed by atoms with Crippen molar-refractivity contribution < 1.29 is 9.84 Å². The molecule has 1 aliphatic rings. The number of hydrogen-bond donors (Lipinski definition) is 1. The largest absolute Gasteiger partial charge is 0.503 e. The zero-order valence-corrected chi connectivity index (χ0v) is 14.7. The van der Waals surface area contributed by atoms with Crippen molar-refractivity contribution in [3.8, 4) is 11.5 Å². The summed E-state index contributed by atoms with van der Waals surface area (Å²) in [5.41, 5.74) is 1.16. The first kappa shape index (κ1) is 16.6. The number of rotatable bonds is 5. The Bertz CT molecular complexity index is 474. The topological polar surface area (TPSA) is 35.9 Å². The molecule has 0 bridgehead atoms. The number of phenolic OH excluding ortho intramolecular Hbond substituents is 1. The number of benzene rings is 1. The molecule has 1 aliphatic heterocycles. The molecule has 0 atom stereocenters. The molecule has 4 nitrogen and oxygen atoms in total. The van der Waals surface area contributed by atoms with E-state index in [1.807, 2.05) is 19.1 Å². The van der Waals surface area contributed by atoms with Gasteiger partial charge in [-0.3, -0.25) is 4.90 Å². The summed E-state index contributed by atoms with van der Waals surface area (Å²) in [4.78, 5) is 4.79. The van der Waals surface area contributed by atoms with Gasteiger partial charge in [0.05, 0.1) is 11.1 Å². The van der Waals surface area contributed by atoms with Crippen LogP contribution in [0.25, 0.3) is 0 Å². The van der Waals surface area contributed by atoms with Crippen molar-refractivity contribution in [2.24, 2.45) is 0 Å². The molecule has 1 saturated heterocycles. The molecule has 1 aromatic carbocycles. The first-order chi connectivity index (χ1) is 10.0. The van der Waals surface area contributed by atoms with Crippen LogP contribution in [0.15, 0.2) is 16.6 Å². The second-order valence-electron chi connectivity index (χ2n) is 5.81. The fourth-order valence-corrected chi connectivity index (χ4v) is 3.33. The van der Waals surface area contributed by atoms with Gasteiger partial charge in [0.25, 0.3) is 0 Å². The third kappa shape index (κ3) is 4.34. The standard InChI is InChI=1S/C16H25BrN2O2/c1-4-21-15-10-12(9-14(17)16(15)20)11-19(3)13-5-7-18(2)8-6-13/h9-10,13,20H,4-8,11H2,1-3H3. The van der Waals surface area contributed by atoms with E-state index in [1.165, 1.54) is 25.9 Å². The summed E-state index contributed by atoms with van der Waals surface area (Å²) in [5, 5.41) is 9.97. The Morgan fingerprint density at radius 1 is 1.38 bits per heavy atom. The van der Waals surface area contributed by atoms with Gasteiger partial charge >= 0.3 is 0 Å². The summed E-state index contributed by atoms with van der Waals surface area (Å²) in [5.74, 6) is 0.737. The van der Waals surface area contributed by atoms with Crippen molar-refractivity contribution in [3.05, 3.63) is 22.2 Å². The zero-order valence-electron chi connectivity index (χ0n) is 13.1. The third-order valence-corrected chi connectivity index (χ3v) is 4.74. The van der Waals surface area contributed by atoms with Gasteiger partial charge in [0.1, 0.15) is 0 Å². The number of hydrogen-bond acceptors (Lipinski definition) is 4. The van der Waals surface area contributed by atoms with Gasteiger partial charge in [0.15, 0.2) is 11.5 Å². The summed E-state index contributed by atoms with van der Waals surface area (Å²) in [6.45, 7) is 5.67. The minimum Gasteiger partial charge on any atom is -0.503 e. The fraction of sp³-hybridized carbons (Fsp3) is 0.625. The molecule has 0 aliphatic carbocycles.